The summed E-state index contributed by atoms with van der Waals surface area (Å²) in [6.45, 7) is -0.233. The summed E-state index contributed by atoms with van der Waals surface area (Å²) in [5.74, 6) is -3.07. The molecule has 0 aliphatic heterocycles. The van der Waals surface area contributed by atoms with E-state index >= 15 is 0 Å². The van der Waals surface area contributed by atoms with Gasteiger partial charge in [0.05, 0.1) is 13.2 Å². The predicted octanol–water partition coefficient (Wildman–Crippen LogP) is 0.605. The number of carbonyl (C=O) groups is 2. The van der Waals surface area contributed by atoms with Gasteiger partial charge < -0.3 is 29.9 Å². The Balaban J connectivity index is 3.21. The van der Waals surface area contributed by atoms with E-state index in [-0.39, 0.29) is 49.9 Å². The van der Waals surface area contributed by atoms with Crippen LogP contribution in [0.5, 0.6) is 11.5 Å². The minimum absolute atomic E-state index is 0.0306. The van der Waals surface area contributed by atoms with Gasteiger partial charge in [-0.2, -0.15) is 0 Å². The highest BCUT2D eigenvalue weighted by Crippen LogP contribution is 2.33. The smallest absolute Gasteiger partial charge is 0.343 e. The molecule has 22 heavy (non-hydrogen) atoms. The Kier molecular flexibility index (Phi) is 7.14. The maximum atomic E-state index is 11.4. The van der Waals surface area contributed by atoms with Crippen LogP contribution in [-0.4, -0.2) is 58.8 Å². The Morgan fingerprint density at radius 2 is 1.50 bits per heavy atom. The summed E-state index contributed by atoms with van der Waals surface area (Å²) >= 11 is 0. The molecule has 0 radical (unpaired) electrons. The van der Waals surface area contributed by atoms with Gasteiger partial charge in [-0.3, -0.25) is 0 Å². The molecule has 0 saturated heterocycles. The van der Waals surface area contributed by atoms with Crippen molar-refractivity contribution in [2.24, 2.45) is 0 Å². The molecule has 0 aromatic heterocycles. The minimum atomic E-state index is -1.39. The number of hydrogen-bond donors (Lipinski definition) is 4. The zero-order valence-corrected chi connectivity index (χ0v) is 11.8. The van der Waals surface area contributed by atoms with Gasteiger partial charge in [-0.1, -0.05) is 0 Å². The maximum absolute atomic E-state index is 11.4. The van der Waals surface area contributed by atoms with Crippen LogP contribution in [0.25, 0.3) is 0 Å². The molecule has 0 bridgehead atoms. The number of hydrogen-bond acceptors (Lipinski definition) is 6. The molecule has 0 unspecified atom stereocenters. The Morgan fingerprint density at radius 3 is 2.00 bits per heavy atom. The first kappa shape index (κ1) is 17.7. The minimum Gasteiger partial charge on any atom is -0.492 e. The van der Waals surface area contributed by atoms with Crippen molar-refractivity contribution in [1.29, 1.82) is 0 Å². The Morgan fingerprint density at radius 1 is 0.909 bits per heavy atom. The summed E-state index contributed by atoms with van der Waals surface area (Å²) < 4.78 is 10.5. The van der Waals surface area contributed by atoms with E-state index in [0.29, 0.717) is 6.42 Å². The van der Waals surface area contributed by atoms with Crippen molar-refractivity contribution in [1.82, 2.24) is 0 Å². The molecular formula is C14H18O8. The van der Waals surface area contributed by atoms with Crippen LogP contribution in [0.15, 0.2) is 12.1 Å². The highest BCUT2D eigenvalue weighted by molar-refractivity contribution is 6.00. The zero-order chi connectivity index (χ0) is 16.5. The Bertz CT molecular complexity index is 526. The van der Waals surface area contributed by atoms with E-state index in [1.807, 2.05) is 0 Å². The van der Waals surface area contributed by atoms with Gasteiger partial charge in [0.1, 0.15) is 16.9 Å². The van der Waals surface area contributed by atoms with E-state index in [0.717, 1.165) is 0 Å². The quantitative estimate of drug-likeness (QED) is 0.461. The maximum Gasteiger partial charge on any atom is 0.343 e. The highest BCUT2D eigenvalue weighted by atomic mass is 16.5. The largest absolute Gasteiger partial charge is 0.492 e. The number of rotatable bonds is 10. The molecule has 0 aliphatic carbocycles. The second kappa shape index (κ2) is 8.85. The second-order valence-electron chi connectivity index (χ2n) is 4.28. The van der Waals surface area contributed by atoms with Gasteiger partial charge in [-0.25, -0.2) is 9.59 Å². The van der Waals surface area contributed by atoms with Gasteiger partial charge in [0.25, 0.3) is 0 Å². The topological polar surface area (TPSA) is 134 Å². The lowest BCUT2D eigenvalue weighted by molar-refractivity contribution is 0.0684. The average molecular weight is 314 g/mol. The molecule has 8 nitrogen and oxygen atoms in total. The predicted molar refractivity (Wildman–Crippen MR) is 74.8 cm³/mol. The van der Waals surface area contributed by atoms with E-state index in [1.54, 1.807) is 0 Å². The number of benzene rings is 1. The van der Waals surface area contributed by atoms with Crippen LogP contribution in [0.3, 0.4) is 0 Å². The van der Waals surface area contributed by atoms with Crippen molar-refractivity contribution in [3.8, 4) is 11.5 Å². The van der Waals surface area contributed by atoms with Gasteiger partial charge >= 0.3 is 11.9 Å². The molecule has 1 rings (SSSR count). The van der Waals surface area contributed by atoms with Crippen LogP contribution < -0.4 is 9.47 Å². The van der Waals surface area contributed by atoms with E-state index in [9.17, 15) is 14.7 Å². The molecule has 4 N–H and O–H groups in total. The molecule has 0 amide bonds. The molecule has 0 fully saturated rings. The second-order valence-corrected chi connectivity index (χ2v) is 4.28. The van der Waals surface area contributed by atoms with Crippen LogP contribution in [0.4, 0.5) is 0 Å². The van der Waals surface area contributed by atoms with Crippen molar-refractivity contribution < 1.29 is 39.5 Å². The normalized spacial score (nSPS) is 10.3. The average Bonchev–Trinajstić information content (AvgIpc) is 2.47. The molecule has 0 saturated carbocycles. The van der Waals surface area contributed by atoms with Crippen molar-refractivity contribution in [2.45, 2.75) is 12.8 Å². The first-order chi connectivity index (χ1) is 10.5. The summed E-state index contributed by atoms with van der Waals surface area (Å²) in [7, 11) is 0. The summed E-state index contributed by atoms with van der Waals surface area (Å²) in [6.07, 6.45) is 0.536. The third kappa shape index (κ3) is 4.61. The third-order valence-electron chi connectivity index (χ3n) is 2.67. The number of aliphatic hydroxyl groups is 2. The third-order valence-corrected chi connectivity index (χ3v) is 2.67. The monoisotopic (exact) mass is 314 g/mol. The SMILES string of the molecule is O=C(O)c1ccc(OCCCO)c(C(=O)O)c1OCCCO. The number of aliphatic hydroxyl groups excluding tert-OH is 2. The summed E-state index contributed by atoms with van der Waals surface area (Å²) in [4.78, 5) is 22.6. The molecule has 0 spiro atoms. The van der Waals surface area contributed by atoms with Crippen LogP contribution >= 0.6 is 0 Å². The van der Waals surface area contributed by atoms with Crippen molar-refractivity contribution >= 4 is 11.9 Å². The molecule has 0 aliphatic rings. The highest BCUT2D eigenvalue weighted by Gasteiger charge is 2.25. The Labute approximate surface area is 126 Å². The Hall–Kier alpha value is -2.32. The van der Waals surface area contributed by atoms with Crippen LogP contribution in [-0.2, 0) is 0 Å². The molecular weight excluding hydrogens is 296 g/mol. The summed E-state index contributed by atoms with van der Waals surface area (Å²) in [5.41, 5.74) is -0.694. The fraction of sp³-hybridized carbons (Fsp3) is 0.429. The van der Waals surface area contributed by atoms with Gasteiger partial charge in [-0.15, -0.1) is 0 Å². The zero-order valence-electron chi connectivity index (χ0n) is 11.8. The molecule has 1 aromatic rings. The summed E-state index contributed by atoms with van der Waals surface area (Å²) in [6, 6.07) is 2.43. The van der Waals surface area contributed by atoms with Gasteiger partial charge in [0.2, 0.25) is 0 Å². The molecule has 0 heterocycles. The lowest BCUT2D eigenvalue weighted by Crippen LogP contribution is -2.13. The summed E-state index contributed by atoms with van der Waals surface area (Å²) in [5, 5.41) is 35.9. The molecule has 122 valence electrons. The van der Waals surface area contributed by atoms with Crippen molar-refractivity contribution in [2.75, 3.05) is 26.4 Å². The lowest BCUT2D eigenvalue weighted by atomic mass is 10.1. The van der Waals surface area contributed by atoms with Gasteiger partial charge in [-0.05, 0) is 12.1 Å². The molecule has 8 heteroatoms. The fourth-order valence-corrected chi connectivity index (χ4v) is 1.69. The van der Waals surface area contributed by atoms with E-state index in [1.165, 1.54) is 12.1 Å². The van der Waals surface area contributed by atoms with Crippen LogP contribution in [0.2, 0.25) is 0 Å². The number of aromatic carboxylic acids is 2. The number of ether oxygens (including phenoxy) is 2. The van der Waals surface area contributed by atoms with E-state index in [2.05, 4.69) is 0 Å². The molecule has 1 aromatic carbocycles. The molecule has 0 atom stereocenters. The lowest BCUT2D eigenvalue weighted by Gasteiger charge is -2.15. The van der Waals surface area contributed by atoms with Crippen molar-refractivity contribution in [3.05, 3.63) is 23.3 Å². The van der Waals surface area contributed by atoms with Crippen LogP contribution in [0, 0.1) is 0 Å². The standard InChI is InChI=1S/C14H18O8/c15-5-1-7-21-10-4-3-9(13(17)18)12(11(10)14(19)20)22-8-2-6-16/h3-4,15-16H,1-2,5-8H2,(H,17,18)(H,19,20). The number of carboxylic acids is 2. The number of carboxylic acid groups (broad SMARTS) is 2. The van der Waals surface area contributed by atoms with Crippen molar-refractivity contribution in [3.63, 3.8) is 0 Å². The first-order valence-electron chi connectivity index (χ1n) is 6.63. The van der Waals surface area contributed by atoms with Gasteiger partial charge in [0.15, 0.2) is 5.75 Å². The van der Waals surface area contributed by atoms with E-state index < -0.39 is 17.5 Å². The fourth-order valence-electron chi connectivity index (χ4n) is 1.69. The van der Waals surface area contributed by atoms with Crippen LogP contribution in [0.1, 0.15) is 33.6 Å². The first-order valence-corrected chi connectivity index (χ1v) is 6.63. The van der Waals surface area contributed by atoms with Gasteiger partial charge in [0, 0.05) is 26.1 Å². The van der Waals surface area contributed by atoms with E-state index in [4.69, 9.17) is 24.8 Å².